The lowest BCUT2D eigenvalue weighted by molar-refractivity contribution is 0.385. The van der Waals surface area contributed by atoms with Crippen LogP contribution in [0.2, 0.25) is 8.67 Å². The van der Waals surface area contributed by atoms with Gasteiger partial charge in [0.2, 0.25) is 0 Å². The Bertz CT molecular complexity index is 312. The quantitative estimate of drug-likeness (QED) is 0.810. The molecule has 1 nitrogen and oxygen atoms in total. The highest BCUT2D eigenvalue weighted by atomic mass is 35.5. The van der Waals surface area contributed by atoms with Crippen LogP contribution < -0.4 is 5.32 Å². The lowest BCUT2D eigenvalue weighted by atomic mass is 9.93. The molecule has 1 N–H and O–H groups in total. The zero-order valence-corrected chi connectivity index (χ0v) is 11.6. The van der Waals surface area contributed by atoms with E-state index in [2.05, 4.69) is 19.2 Å². The van der Waals surface area contributed by atoms with E-state index >= 15 is 0 Å². The highest BCUT2D eigenvalue weighted by Crippen LogP contribution is 2.38. The van der Waals surface area contributed by atoms with E-state index < -0.39 is 0 Å². The number of halogens is 2. The van der Waals surface area contributed by atoms with Gasteiger partial charge in [-0.25, -0.2) is 0 Å². The molecule has 0 aliphatic carbocycles. The first-order valence-corrected chi connectivity index (χ1v) is 6.79. The molecular weight excluding hydrogens is 249 g/mol. The molecule has 2 atom stereocenters. The molecule has 1 rings (SSSR count). The average Bonchev–Trinajstić information content (AvgIpc) is 2.47. The summed E-state index contributed by atoms with van der Waals surface area (Å²) < 4.78 is 1.57. The molecule has 0 bridgehead atoms. The average molecular weight is 266 g/mol. The van der Waals surface area contributed by atoms with Gasteiger partial charge in [-0.1, -0.05) is 43.5 Å². The topological polar surface area (TPSA) is 12.0 Å². The molecule has 0 aromatic carbocycles. The molecule has 4 heteroatoms. The largest absolute Gasteiger partial charge is 0.313 e. The Morgan fingerprint density at radius 2 is 2.13 bits per heavy atom. The van der Waals surface area contributed by atoms with Crippen LogP contribution in [-0.4, -0.2) is 7.05 Å². The highest BCUT2D eigenvalue weighted by molar-refractivity contribution is 7.20. The van der Waals surface area contributed by atoms with Crippen molar-refractivity contribution in [1.82, 2.24) is 5.32 Å². The normalized spacial score (nSPS) is 15.3. The van der Waals surface area contributed by atoms with Crippen LogP contribution in [0.3, 0.4) is 0 Å². The zero-order valence-electron chi connectivity index (χ0n) is 9.31. The summed E-state index contributed by atoms with van der Waals surface area (Å²) in [5, 5.41) is 3.32. The fourth-order valence-corrected chi connectivity index (χ4v) is 3.48. The Kier molecular flexibility index (Phi) is 5.41. The van der Waals surface area contributed by atoms with Crippen molar-refractivity contribution < 1.29 is 0 Å². The maximum Gasteiger partial charge on any atom is 0.0992 e. The van der Waals surface area contributed by atoms with Gasteiger partial charge in [0.05, 0.1) is 8.67 Å². The van der Waals surface area contributed by atoms with Gasteiger partial charge in [-0.15, -0.1) is 11.3 Å². The van der Waals surface area contributed by atoms with E-state index in [0.717, 1.165) is 14.2 Å². The first-order chi connectivity index (χ1) is 7.10. The van der Waals surface area contributed by atoms with Gasteiger partial charge in [0.1, 0.15) is 0 Å². The van der Waals surface area contributed by atoms with Crippen molar-refractivity contribution in [2.45, 2.75) is 32.7 Å². The molecule has 1 heterocycles. The van der Waals surface area contributed by atoms with Crippen molar-refractivity contribution in [3.05, 3.63) is 20.3 Å². The van der Waals surface area contributed by atoms with Crippen LogP contribution >= 0.6 is 34.5 Å². The standard InChI is InChI=1S/C11H17Cl2NS/c1-4-5-7(2)10(14-3)8-6-9(12)15-11(8)13/h6-7,10,14H,4-5H2,1-3H3. The summed E-state index contributed by atoms with van der Waals surface area (Å²) in [4.78, 5) is 0. The molecule has 1 aromatic heterocycles. The Balaban J connectivity index is 2.86. The Morgan fingerprint density at radius 3 is 2.53 bits per heavy atom. The second-order valence-electron chi connectivity index (χ2n) is 3.81. The SMILES string of the molecule is CCCC(C)C(NC)c1cc(Cl)sc1Cl. The Labute approximate surface area is 106 Å². The van der Waals surface area contributed by atoms with E-state index in [1.54, 1.807) is 0 Å². The smallest absolute Gasteiger partial charge is 0.0992 e. The van der Waals surface area contributed by atoms with Crippen LogP contribution in [0.4, 0.5) is 0 Å². The third kappa shape index (κ3) is 3.35. The van der Waals surface area contributed by atoms with Crippen LogP contribution in [0.5, 0.6) is 0 Å². The minimum absolute atomic E-state index is 0.307. The van der Waals surface area contributed by atoms with Crippen molar-refractivity contribution >= 4 is 34.5 Å². The summed E-state index contributed by atoms with van der Waals surface area (Å²) >= 11 is 13.6. The van der Waals surface area contributed by atoms with Crippen molar-refractivity contribution in [1.29, 1.82) is 0 Å². The molecular formula is C11H17Cl2NS. The van der Waals surface area contributed by atoms with Gasteiger partial charge in [-0.3, -0.25) is 0 Å². The van der Waals surface area contributed by atoms with Crippen LogP contribution in [-0.2, 0) is 0 Å². The molecule has 0 aliphatic rings. The molecule has 15 heavy (non-hydrogen) atoms. The summed E-state index contributed by atoms with van der Waals surface area (Å²) in [6.07, 6.45) is 2.38. The van der Waals surface area contributed by atoms with Crippen molar-refractivity contribution in [3.8, 4) is 0 Å². The maximum absolute atomic E-state index is 6.16. The minimum Gasteiger partial charge on any atom is -0.313 e. The van der Waals surface area contributed by atoms with E-state index in [1.807, 2.05) is 13.1 Å². The van der Waals surface area contributed by atoms with E-state index in [-0.39, 0.29) is 0 Å². The molecule has 0 radical (unpaired) electrons. The van der Waals surface area contributed by atoms with Crippen LogP contribution in [0.25, 0.3) is 0 Å². The summed E-state index contributed by atoms with van der Waals surface area (Å²) in [5.41, 5.74) is 1.13. The first-order valence-electron chi connectivity index (χ1n) is 5.22. The van der Waals surface area contributed by atoms with Gasteiger partial charge in [-0.05, 0) is 25.5 Å². The van der Waals surface area contributed by atoms with Gasteiger partial charge in [-0.2, -0.15) is 0 Å². The lowest BCUT2D eigenvalue weighted by Crippen LogP contribution is -2.23. The predicted molar refractivity (Wildman–Crippen MR) is 70.2 cm³/mol. The number of nitrogens with one attached hydrogen (secondary N) is 1. The first kappa shape index (κ1) is 13.3. The van der Waals surface area contributed by atoms with E-state index in [9.17, 15) is 0 Å². The third-order valence-electron chi connectivity index (χ3n) is 2.64. The molecule has 0 fully saturated rings. The summed E-state index contributed by atoms with van der Waals surface area (Å²) in [6, 6.07) is 2.28. The summed E-state index contributed by atoms with van der Waals surface area (Å²) in [5.74, 6) is 0.572. The minimum atomic E-state index is 0.307. The molecule has 2 unspecified atom stereocenters. The van der Waals surface area contributed by atoms with E-state index in [1.165, 1.54) is 24.2 Å². The second-order valence-corrected chi connectivity index (χ2v) is 6.10. The molecule has 0 spiro atoms. The Hall–Kier alpha value is 0.240. The van der Waals surface area contributed by atoms with Crippen LogP contribution in [0.1, 0.15) is 38.3 Å². The molecule has 0 amide bonds. The van der Waals surface area contributed by atoms with Gasteiger partial charge < -0.3 is 5.32 Å². The van der Waals surface area contributed by atoms with Crippen molar-refractivity contribution in [2.75, 3.05) is 7.05 Å². The van der Waals surface area contributed by atoms with Crippen LogP contribution in [0, 0.1) is 5.92 Å². The highest BCUT2D eigenvalue weighted by Gasteiger charge is 2.21. The van der Waals surface area contributed by atoms with Gasteiger partial charge in [0.15, 0.2) is 0 Å². The molecule has 86 valence electrons. The second kappa shape index (κ2) is 6.09. The number of hydrogen-bond acceptors (Lipinski definition) is 2. The van der Waals surface area contributed by atoms with Gasteiger partial charge >= 0.3 is 0 Å². The van der Waals surface area contributed by atoms with Gasteiger partial charge in [0, 0.05) is 11.6 Å². The van der Waals surface area contributed by atoms with Gasteiger partial charge in [0.25, 0.3) is 0 Å². The monoisotopic (exact) mass is 265 g/mol. The third-order valence-corrected chi connectivity index (χ3v) is 4.16. The fourth-order valence-electron chi connectivity index (χ4n) is 1.93. The molecule has 0 saturated carbocycles. The zero-order chi connectivity index (χ0) is 11.4. The number of rotatable bonds is 5. The summed E-state index contributed by atoms with van der Waals surface area (Å²) in [7, 11) is 1.97. The van der Waals surface area contributed by atoms with Crippen LogP contribution in [0.15, 0.2) is 6.07 Å². The molecule has 1 aromatic rings. The van der Waals surface area contributed by atoms with E-state index in [4.69, 9.17) is 23.2 Å². The summed E-state index contributed by atoms with van der Waals surface area (Å²) in [6.45, 7) is 4.44. The molecule has 0 aliphatic heterocycles. The molecule has 0 saturated heterocycles. The fraction of sp³-hybridized carbons (Fsp3) is 0.636. The lowest BCUT2D eigenvalue weighted by Gasteiger charge is -2.22. The van der Waals surface area contributed by atoms with Crippen molar-refractivity contribution in [2.24, 2.45) is 5.92 Å². The Morgan fingerprint density at radius 1 is 1.47 bits per heavy atom. The number of hydrogen-bond donors (Lipinski definition) is 1. The maximum atomic E-state index is 6.16. The predicted octanol–water partition coefficient (Wildman–Crippen LogP) is 4.75. The number of thiophene rings is 1. The van der Waals surface area contributed by atoms with E-state index in [0.29, 0.717) is 12.0 Å². The van der Waals surface area contributed by atoms with Crippen molar-refractivity contribution in [3.63, 3.8) is 0 Å².